The molecular formula is C23H20N2OSi. The Morgan fingerprint density at radius 2 is 1.48 bits per heavy atom. The van der Waals surface area contributed by atoms with Crippen LogP contribution in [0.2, 0.25) is 19.6 Å². The zero-order chi connectivity index (χ0) is 18.6. The fraction of sp³-hybridized carbons (Fsp3) is 0.130. The molecule has 132 valence electrons. The molecule has 5 aromatic rings. The van der Waals surface area contributed by atoms with Crippen LogP contribution in [0.5, 0.6) is 0 Å². The molecule has 0 fully saturated rings. The van der Waals surface area contributed by atoms with Crippen LogP contribution in [0.15, 0.2) is 71.4 Å². The second kappa shape index (κ2) is 5.76. The third kappa shape index (κ3) is 2.56. The van der Waals surface area contributed by atoms with Gasteiger partial charge in [0.2, 0.25) is 0 Å². The summed E-state index contributed by atoms with van der Waals surface area (Å²) in [5.41, 5.74) is 3.65. The minimum Gasteiger partial charge on any atom is -0.455 e. The molecule has 0 unspecified atom stereocenters. The molecule has 0 saturated carbocycles. The number of hydrogen-bond donors (Lipinski definition) is 0. The van der Waals surface area contributed by atoms with E-state index in [1.54, 1.807) is 0 Å². The molecule has 0 aliphatic heterocycles. The van der Waals surface area contributed by atoms with Crippen molar-refractivity contribution in [1.29, 1.82) is 0 Å². The van der Waals surface area contributed by atoms with Gasteiger partial charge in [0.15, 0.2) is 0 Å². The number of furan rings is 1. The highest BCUT2D eigenvalue weighted by molar-refractivity contribution is 6.88. The first-order valence-corrected chi connectivity index (χ1v) is 12.7. The van der Waals surface area contributed by atoms with Crippen molar-refractivity contribution in [3.05, 3.63) is 67.0 Å². The standard InChI is InChI=1S/C23H20N2OSi/c1-27(2,3)21-14-24-20(13-25-21)19-10-6-9-17-18-12-11-15-7-4-5-8-16(15)22(18)26-23(17)19/h4-14H,1-3H3. The van der Waals surface area contributed by atoms with Crippen LogP contribution in [-0.2, 0) is 0 Å². The third-order valence-corrected chi connectivity index (χ3v) is 6.88. The highest BCUT2D eigenvalue weighted by Gasteiger charge is 2.20. The lowest BCUT2D eigenvalue weighted by molar-refractivity contribution is 0.673. The predicted molar refractivity (Wildman–Crippen MR) is 115 cm³/mol. The molecule has 0 spiro atoms. The van der Waals surface area contributed by atoms with Crippen LogP contribution < -0.4 is 5.32 Å². The first-order chi connectivity index (χ1) is 13.0. The summed E-state index contributed by atoms with van der Waals surface area (Å²) in [7, 11) is -1.46. The molecule has 2 aromatic heterocycles. The maximum atomic E-state index is 6.39. The number of benzene rings is 3. The summed E-state index contributed by atoms with van der Waals surface area (Å²) in [6, 6.07) is 18.9. The van der Waals surface area contributed by atoms with Crippen LogP contribution in [0.3, 0.4) is 0 Å². The monoisotopic (exact) mass is 368 g/mol. The molecule has 5 rings (SSSR count). The molecular weight excluding hydrogens is 348 g/mol. The minimum absolute atomic E-state index is 0.853. The van der Waals surface area contributed by atoms with Gasteiger partial charge in [0.1, 0.15) is 19.2 Å². The van der Waals surface area contributed by atoms with Crippen LogP contribution in [0.4, 0.5) is 0 Å². The Kier molecular flexibility index (Phi) is 3.46. The summed E-state index contributed by atoms with van der Waals surface area (Å²) in [5.74, 6) is 0. The second-order valence-electron chi connectivity index (χ2n) is 7.98. The normalized spacial score (nSPS) is 12.3. The molecule has 0 amide bonds. The predicted octanol–water partition coefficient (Wildman–Crippen LogP) is 5.74. The van der Waals surface area contributed by atoms with Crippen LogP contribution in [0.25, 0.3) is 44.0 Å². The summed E-state index contributed by atoms with van der Waals surface area (Å²) < 4.78 is 6.39. The summed E-state index contributed by atoms with van der Waals surface area (Å²) in [6.07, 6.45) is 3.81. The first-order valence-electron chi connectivity index (χ1n) is 9.18. The number of aromatic nitrogens is 2. The maximum absolute atomic E-state index is 6.39. The summed E-state index contributed by atoms with van der Waals surface area (Å²) in [5, 5.41) is 5.69. The van der Waals surface area contributed by atoms with E-state index in [0.717, 1.165) is 43.9 Å². The number of para-hydroxylation sites is 1. The molecule has 0 radical (unpaired) electrons. The van der Waals surface area contributed by atoms with E-state index in [2.05, 4.69) is 74.2 Å². The van der Waals surface area contributed by atoms with Crippen molar-refractivity contribution >= 4 is 46.1 Å². The molecule has 0 aliphatic rings. The summed E-state index contributed by atoms with van der Waals surface area (Å²) >= 11 is 0. The van der Waals surface area contributed by atoms with Crippen molar-refractivity contribution in [1.82, 2.24) is 9.97 Å². The second-order valence-corrected chi connectivity index (χ2v) is 13.0. The smallest absolute Gasteiger partial charge is 0.144 e. The van der Waals surface area contributed by atoms with Crippen molar-refractivity contribution in [2.75, 3.05) is 0 Å². The zero-order valence-electron chi connectivity index (χ0n) is 15.7. The quantitative estimate of drug-likeness (QED) is 0.373. The lowest BCUT2D eigenvalue weighted by Gasteiger charge is -2.14. The lowest BCUT2D eigenvalue weighted by atomic mass is 10.0. The Balaban J connectivity index is 1.77. The molecule has 0 aliphatic carbocycles. The van der Waals surface area contributed by atoms with Gasteiger partial charge in [-0.05, 0) is 17.5 Å². The molecule has 27 heavy (non-hydrogen) atoms. The van der Waals surface area contributed by atoms with E-state index in [9.17, 15) is 0 Å². The number of rotatable bonds is 2. The van der Waals surface area contributed by atoms with E-state index in [4.69, 9.17) is 14.4 Å². The van der Waals surface area contributed by atoms with Crippen molar-refractivity contribution in [3.8, 4) is 11.3 Å². The Hall–Kier alpha value is -2.98. The maximum Gasteiger partial charge on any atom is 0.144 e. The van der Waals surface area contributed by atoms with Gasteiger partial charge in [0, 0.05) is 33.2 Å². The van der Waals surface area contributed by atoms with Crippen LogP contribution in [-0.4, -0.2) is 18.0 Å². The van der Waals surface area contributed by atoms with E-state index in [0.29, 0.717) is 0 Å². The van der Waals surface area contributed by atoms with Crippen LogP contribution >= 0.6 is 0 Å². The van der Waals surface area contributed by atoms with Gasteiger partial charge in [-0.1, -0.05) is 62.1 Å². The lowest BCUT2D eigenvalue weighted by Crippen LogP contribution is -2.40. The Morgan fingerprint density at radius 3 is 2.26 bits per heavy atom. The molecule has 0 bridgehead atoms. The van der Waals surface area contributed by atoms with Gasteiger partial charge in [-0.15, -0.1) is 0 Å². The number of nitrogens with zero attached hydrogens (tertiary/aromatic N) is 2. The van der Waals surface area contributed by atoms with Gasteiger partial charge in [-0.3, -0.25) is 9.97 Å². The summed E-state index contributed by atoms with van der Waals surface area (Å²) in [4.78, 5) is 9.40. The van der Waals surface area contributed by atoms with E-state index in [-0.39, 0.29) is 0 Å². The molecule has 2 heterocycles. The molecule has 0 atom stereocenters. The Labute approximate surface area is 158 Å². The van der Waals surface area contributed by atoms with Gasteiger partial charge < -0.3 is 4.42 Å². The molecule has 0 saturated heterocycles. The average molecular weight is 369 g/mol. The van der Waals surface area contributed by atoms with Gasteiger partial charge in [0.25, 0.3) is 0 Å². The molecule has 4 heteroatoms. The van der Waals surface area contributed by atoms with Crippen LogP contribution in [0, 0.1) is 0 Å². The summed E-state index contributed by atoms with van der Waals surface area (Å²) in [6.45, 7) is 6.84. The van der Waals surface area contributed by atoms with E-state index < -0.39 is 8.07 Å². The van der Waals surface area contributed by atoms with Gasteiger partial charge in [-0.25, -0.2) is 0 Å². The van der Waals surface area contributed by atoms with E-state index >= 15 is 0 Å². The van der Waals surface area contributed by atoms with Crippen molar-refractivity contribution in [2.45, 2.75) is 19.6 Å². The zero-order valence-corrected chi connectivity index (χ0v) is 16.7. The number of fused-ring (bicyclic) bond motifs is 5. The van der Waals surface area contributed by atoms with Gasteiger partial charge >= 0.3 is 0 Å². The van der Waals surface area contributed by atoms with Crippen molar-refractivity contribution in [2.24, 2.45) is 0 Å². The first kappa shape index (κ1) is 16.2. The largest absolute Gasteiger partial charge is 0.455 e. The Bertz CT molecular complexity index is 1300. The fourth-order valence-corrected chi connectivity index (χ4v) is 4.49. The average Bonchev–Trinajstić information content (AvgIpc) is 3.07. The highest BCUT2D eigenvalue weighted by atomic mass is 28.3. The van der Waals surface area contributed by atoms with E-state index in [1.807, 2.05) is 12.4 Å². The fourth-order valence-electron chi connectivity index (χ4n) is 3.58. The van der Waals surface area contributed by atoms with E-state index in [1.165, 1.54) is 5.39 Å². The highest BCUT2D eigenvalue weighted by Crippen LogP contribution is 2.37. The van der Waals surface area contributed by atoms with Crippen molar-refractivity contribution in [3.63, 3.8) is 0 Å². The molecule has 3 nitrogen and oxygen atoms in total. The van der Waals surface area contributed by atoms with Gasteiger partial charge in [-0.2, -0.15) is 0 Å². The van der Waals surface area contributed by atoms with Crippen LogP contribution in [0.1, 0.15) is 0 Å². The Morgan fingerprint density at radius 1 is 0.704 bits per heavy atom. The SMILES string of the molecule is C[Si](C)(C)c1cnc(-c2cccc3c2oc2c4ccccc4ccc32)cn1. The minimum atomic E-state index is -1.46. The van der Waals surface area contributed by atoms with Gasteiger partial charge in [0.05, 0.1) is 11.9 Å². The molecule has 0 N–H and O–H groups in total. The van der Waals surface area contributed by atoms with Crippen molar-refractivity contribution < 1.29 is 4.42 Å². The molecule has 3 aromatic carbocycles. The topological polar surface area (TPSA) is 38.9 Å². The third-order valence-electron chi connectivity index (χ3n) is 5.09. The number of hydrogen-bond acceptors (Lipinski definition) is 3.